The second kappa shape index (κ2) is 9.60. The maximum atomic E-state index is 11.1. The molecule has 4 atom stereocenters. The van der Waals surface area contributed by atoms with Gasteiger partial charge < -0.3 is 18.7 Å². The molecular formula is C22H48O4Si2. The highest BCUT2D eigenvalue weighted by molar-refractivity contribution is 6.77. The van der Waals surface area contributed by atoms with E-state index < -0.39 is 22.7 Å². The number of hydrogen-bond donors (Lipinski definition) is 1. The van der Waals surface area contributed by atoms with Gasteiger partial charge in [-0.1, -0.05) is 62.3 Å². The Hall–Kier alpha value is 0.274. The number of epoxide rings is 1. The first-order valence-corrected chi connectivity index (χ1v) is 16.2. The van der Waals surface area contributed by atoms with E-state index in [4.69, 9.17) is 13.6 Å². The van der Waals surface area contributed by atoms with Gasteiger partial charge in [0.05, 0.1) is 24.9 Å². The average molecular weight is 433 g/mol. The van der Waals surface area contributed by atoms with Gasteiger partial charge in [0.1, 0.15) is 0 Å². The van der Waals surface area contributed by atoms with Crippen LogP contribution in [-0.4, -0.2) is 53.3 Å². The summed E-state index contributed by atoms with van der Waals surface area (Å²) in [7, 11) is -3.86. The van der Waals surface area contributed by atoms with Gasteiger partial charge in [0.25, 0.3) is 0 Å². The van der Waals surface area contributed by atoms with Crippen molar-refractivity contribution in [3.8, 4) is 0 Å². The zero-order valence-corrected chi connectivity index (χ0v) is 22.6. The summed E-state index contributed by atoms with van der Waals surface area (Å²) in [6.07, 6.45) is -0.274. The Bertz CT molecular complexity index is 464. The SMILES string of the molecule is CC(C)[Si](OC[C@@H](O)[C@@H](CO[Si](C)(C)C(C)(C)C)[C@H]1O[C@H]1C)(C(C)C)C(C)C. The van der Waals surface area contributed by atoms with Crippen molar-refractivity contribution in [1.82, 2.24) is 0 Å². The number of ether oxygens (including phenoxy) is 1. The van der Waals surface area contributed by atoms with Crippen molar-refractivity contribution < 1.29 is 18.7 Å². The van der Waals surface area contributed by atoms with E-state index in [0.29, 0.717) is 29.8 Å². The van der Waals surface area contributed by atoms with Crippen LogP contribution in [0.5, 0.6) is 0 Å². The zero-order chi connectivity index (χ0) is 22.1. The predicted octanol–water partition coefficient (Wildman–Crippen LogP) is 5.96. The fourth-order valence-corrected chi connectivity index (χ4v) is 11.0. The molecule has 168 valence electrons. The lowest BCUT2D eigenvalue weighted by Gasteiger charge is -2.43. The van der Waals surface area contributed by atoms with E-state index in [2.05, 4.69) is 82.3 Å². The summed E-state index contributed by atoms with van der Waals surface area (Å²) in [4.78, 5) is 0. The lowest BCUT2D eigenvalue weighted by Crippen LogP contribution is -2.50. The minimum Gasteiger partial charge on any atom is -0.416 e. The first-order chi connectivity index (χ1) is 12.6. The van der Waals surface area contributed by atoms with Crippen LogP contribution < -0.4 is 0 Å². The van der Waals surface area contributed by atoms with Crippen LogP contribution in [0.1, 0.15) is 69.2 Å². The smallest absolute Gasteiger partial charge is 0.200 e. The normalized spacial score (nSPS) is 23.6. The molecule has 1 fully saturated rings. The Morgan fingerprint density at radius 1 is 0.893 bits per heavy atom. The first kappa shape index (κ1) is 26.3. The largest absolute Gasteiger partial charge is 0.416 e. The van der Waals surface area contributed by atoms with Crippen LogP contribution in [-0.2, 0) is 13.6 Å². The molecule has 0 aromatic heterocycles. The molecule has 0 aromatic carbocycles. The predicted molar refractivity (Wildman–Crippen MR) is 124 cm³/mol. The van der Waals surface area contributed by atoms with Gasteiger partial charge in [0, 0.05) is 12.5 Å². The fraction of sp³-hybridized carbons (Fsp3) is 1.00. The van der Waals surface area contributed by atoms with Gasteiger partial charge in [-0.3, -0.25) is 0 Å². The Morgan fingerprint density at radius 3 is 1.64 bits per heavy atom. The molecule has 1 saturated heterocycles. The summed E-state index contributed by atoms with van der Waals surface area (Å²) >= 11 is 0. The third-order valence-electron chi connectivity index (χ3n) is 7.33. The van der Waals surface area contributed by atoms with Gasteiger partial charge in [-0.05, 0) is 41.7 Å². The lowest BCUT2D eigenvalue weighted by molar-refractivity contribution is 0.0158. The van der Waals surface area contributed by atoms with Gasteiger partial charge in [-0.25, -0.2) is 0 Å². The molecule has 0 aliphatic carbocycles. The Labute approximate surface area is 177 Å². The summed E-state index contributed by atoms with van der Waals surface area (Å²) in [6.45, 7) is 28.0. The number of aliphatic hydroxyl groups is 1. The second-order valence-electron chi connectivity index (χ2n) is 11.2. The molecule has 0 unspecified atom stereocenters. The summed E-state index contributed by atoms with van der Waals surface area (Å²) in [5.41, 5.74) is 1.54. The van der Waals surface area contributed by atoms with Crippen LogP contribution in [0, 0.1) is 5.92 Å². The van der Waals surface area contributed by atoms with Crippen molar-refractivity contribution in [1.29, 1.82) is 0 Å². The van der Waals surface area contributed by atoms with Crippen molar-refractivity contribution >= 4 is 16.6 Å². The van der Waals surface area contributed by atoms with Crippen LogP contribution in [0.2, 0.25) is 34.8 Å². The van der Waals surface area contributed by atoms with E-state index in [9.17, 15) is 5.11 Å². The summed E-state index contributed by atoms with van der Waals surface area (Å²) in [6, 6.07) is 0. The molecule has 0 aromatic rings. The zero-order valence-electron chi connectivity index (χ0n) is 20.6. The standard InChI is InChI=1S/C22H48O4Si2/c1-15(2)28(16(3)4,17(5)6)25-14-20(23)19(21-18(7)26-21)13-24-27(11,12)22(8,9)10/h15-21,23H,13-14H2,1-12H3/t18-,19+,20+,21-/m0/s1. The third-order valence-corrected chi connectivity index (χ3v) is 17.9. The molecule has 0 bridgehead atoms. The highest BCUT2D eigenvalue weighted by Gasteiger charge is 2.49. The van der Waals surface area contributed by atoms with Crippen LogP contribution in [0.15, 0.2) is 0 Å². The first-order valence-electron chi connectivity index (χ1n) is 11.2. The van der Waals surface area contributed by atoms with E-state index in [1.165, 1.54) is 0 Å². The molecule has 4 nitrogen and oxygen atoms in total. The Balaban J connectivity index is 2.87. The van der Waals surface area contributed by atoms with Crippen molar-refractivity contribution in [3.05, 3.63) is 0 Å². The molecule has 1 aliphatic heterocycles. The molecule has 0 saturated carbocycles. The average Bonchev–Trinajstić information content (AvgIpc) is 3.22. The van der Waals surface area contributed by atoms with Gasteiger partial charge in [-0.2, -0.15) is 0 Å². The Kier molecular flexibility index (Phi) is 9.02. The summed E-state index contributed by atoms with van der Waals surface area (Å²) in [5.74, 6) is -0.0256. The third kappa shape index (κ3) is 5.91. The molecule has 28 heavy (non-hydrogen) atoms. The van der Waals surface area contributed by atoms with Crippen LogP contribution in [0.4, 0.5) is 0 Å². The molecular weight excluding hydrogens is 384 g/mol. The number of aliphatic hydroxyl groups excluding tert-OH is 1. The molecule has 1 N–H and O–H groups in total. The molecule has 1 rings (SSSR count). The molecule has 1 heterocycles. The quantitative estimate of drug-likeness (QED) is 0.323. The van der Waals surface area contributed by atoms with Crippen LogP contribution in [0.3, 0.4) is 0 Å². The van der Waals surface area contributed by atoms with E-state index in [-0.39, 0.29) is 23.2 Å². The van der Waals surface area contributed by atoms with Crippen molar-refractivity contribution in [3.63, 3.8) is 0 Å². The van der Waals surface area contributed by atoms with Crippen LogP contribution in [0.25, 0.3) is 0 Å². The molecule has 1 aliphatic rings. The minimum absolute atomic E-state index is 0.0256. The van der Waals surface area contributed by atoms with E-state index in [1.807, 2.05) is 0 Å². The van der Waals surface area contributed by atoms with Gasteiger partial charge in [0.2, 0.25) is 0 Å². The minimum atomic E-state index is -1.99. The number of rotatable bonds is 11. The van der Waals surface area contributed by atoms with Gasteiger partial charge in [0.15, 0.2) is 16.6 Å². The van der Waals surface area contributed by atoms with E-state index in [1.54, 1.807) is 0 Å². The summed E-state index contributed by atoms with van der Waals surface area (Å²) in [5, 5.41) is 11.3. The van der Waals surface area contributed by atoms with E-state index in [0.717, 1.165) is 0 Å². The van der Waals surface area contributed by atoms with Gasteiger partial charge >= 0.3 is 0 Å². The number of hydrogen-bond acceptors (Lipinski definition) is 4. The molecule has 6 heteroatoms. The monoisotopic (exact) mass is 432 g/mol. The summed E-state index contributed by atoms with van der Waals surface area (Å²) < 4.78 is 18.9. The lowest BCUT2D eigenvalue weighted by atomic mass is 9.98. The van der Waals surface area contributed by atoms with Crippen molar-refractivity contribution in [2.45, 2.75) is 122 Å². The molecule has 0 amide bonds. The maximum Gasteiger partial charge on any atom is 0.200 e. The van der Waals surface area contributed by atoms with Gasteiger partial charge in [-0.15, -0.1) is 0 Å². The molecule has 0 spiro atoms. The Morgan fingerprint density at radius 2 is 1.32 bits per heavy atom. The van der Waals surface area contributed by atoms with Crippen LogP contribution >= 0.6 is 0 Å². The van der Waals surface area contributed by atoms with Crippen molar-refractivity contribution in [2.24, 2.45) is 5.92 Å². The maximum absolute atomic E-state index is 11.1. The highest BCUT2D eigenvalue weighted by atomic mass is 28.4. The highest BCUT2D eigenvalue weighted by Crippen LogP contribution is 2.43. The second-order valence-corrected chi connectivity index (χ2v) is 21.5. The van der Waals surface area contributed by atoms with Crippen molar-refractivity contribution in [2.75, 3.05) is 13.2 Å². The van der Waals surface area contributed by atoms with E-state index >= 15 is 0 Å². The fourth-order valence-electron chi connectivity index (χ4n) is 4.45. The topological polar surface area (TPSA) is 51.2 Å². The molecule has 0 radical (unpaired) electrons.